The molecular formula is C16H22ClNO2S. The van der Waals surface area contributed by atoms with Crippen molar-refractivity contribution < 1.29 is 9.53 Å². The summed E-state index contributed by atoms with van der Waals surface area (Å²) in [6, 6.07) is 6.02. The minimum Gasteiger partial charge on any atom is -0.469 e. The monoisotopic (exact) mass is 327 g/mol. The highest BCUT2D eigenvalue weighted by Gasteiger charge is 2.44. The number of benzene rings is 1. The van der Waals surface area contributed by atoms with Gasteiger partial charge in [0.2, 0.25) is 0 Å². The lowest BCUT2D eigenvalue weighted by molar-refractivity contribution is -0.141. The fourth-order valence-corrected chi connectivity index (χ4v) is 4.00. The molecule has 1 aliphatic rings. The molecule has 0 aliphatic heterocycles. The summed E-state index contributed by atoms with van der Waals surface area (Å²) in [4.78, 5) is 12.6. The Kier molecular flexibility index (Phi) is 5.97. The van der Waals surface area contributed by atoms with Crippen LogP contribution in [0.1, 0.15) is 31.7 Å². The zero-order chi connectivity index (χ0) is 15.3. The minimum atomic E-state index is -0.111. The molecule has 0 saturated heterocycles. The number of rotatable bonds is 8. The Labute approximate surface area is 135 Å². The molecule has 1 fully saturated rings. The number of carbonyl (C=O) groups excluding carboxylic acids is 1. The van der Waals surface area contributed by atoms with E-state index < -0.39 is 0 Å². The summed E-state index contributed by atoms with van der Waals surface area (Å²) in [5.41, 5.74) is 1.34. The van der Waals surface area contributed by atoms with Crippen molar-refractivity contribution in [2.75, 3.05) is 19.4 Å². The van der Waals surface area contributed by atoms with Crippen molar-refractivity contribution in [2.24, 2.45) is 5.41 Å². The topological polar surface area (TPSA) is 38.3 Å². The quantitative estimate of drug-likeness (QED) is 0.581. The second-order valence-electron chi connectivity index (χ2n) is 5.55. The number of methoxy groups -OCH3 is 1. The average molecular weight is 328 g/mol. The van der Waals surface area contributed by atoms with Gasteiger partial charge in [-0.25, -0.2) is 0 Å². The first kappa shape index (κ1) is 16.7. The standard InChI is InChI=1S/C16H22ClNO2S/c1-3-18-10-12-5-4-6-13(17)15(12)21-11-16(7-8-16)9-14(19)20-2/h4-6,18H,3,7-11H2,1-2H3. The van der Waals surface area contributed by atoms with Crippen molar-refractivity contribution in [3.8, 4) is 0 Å². The molecule has 0 aromatic heterocycles. The SMILES string of the molecule is CCNCc1cccc(Cl)c1SCC1(CC(=O)OC)CC1. The van der Waals surface area contributed by atoms with Crippen molar-refractivity contribution in [3.05, 3.63) is 28.8 Å². The van der Waals surface area contributed by atoms with E-state index in [1.54, 1.807) is 11.8 Å². The summed E-state index contributed by atoms with van der Waals surface area (Å²) in [5, 5.41) is 4.14. The Morgan fingerprint density at radius 1 is 1.48 bits per heavy atom. The summed E-state index contributed by atoms with van der Waals surface area (Å²) in [5.74, 6) is 0.811. The van der Waals surface area contributed by atoms with Gasteiger partial charge in [0.15, 0.2) is 0 Å². The van der Waals surface area contributed by atoms with Gasteiger partial charge in [0, 0.05) is 17.2 Å². The molecule has 3 nitrogen and oxygen atoms in total. The van der Waals surface area contributed by atoms with Crippen LogP contribution in [0.25, 0.3) is 0 Å². The average Bonchev–Trinajstić information content (AvgIpc) is 3.23. The van der Waals surface area contributed by atoms with Gasteiger partial charge in [-0.15, -0.1) is 11.8 Å². The number of carbonyl (C=O) groups is 1. The molecular weight excluding hydrogens is 306 g/mol. The zero-order valence-electron chi connectivity index (χ0n) is 12.6. The Bertz CT molecular complexity index is 503. The molecule has 0 unspecified atom stereocenters. The molecule has 1 aliphatic carbocycles. The lowest BCUT2D eigenvalue weighted by atomic mass is 10.1. The number of nitrogens with one attached hydrogen (secondary N) is 1. The van der Waals surface area contributed by atoms with E-state index in [9.17, 15) is 4.79 Å². The van der Waals surface area contributed by atoms with Gasteiger partial charge in [0.05, 0.1) is 18.6 Å². The van der Waals surface area contributed by atoms with Crippen LogP contribution in [0.5, 0.6) is 0 Å². The highest BCUT2D eigenvalue weighted by atomic mass is 35.5. The highest BCUT2D eigenvalue weighted by Crippen LogP contribution is 2.52. The van der Waals surface area contributed by atoms with Gasteiger partial charge in [0.1, 0.15) is 0 Å². The van der Waals surface area contributed by atoms with Crippen molar-refractivity contribution >= 4 is 29.3 Å². The predicted octanol–water partition coefficient (Wildman–Crippen LogP) is 3.88. The molecule has 0 bridgehead atoms. The Morgan fingerprint density at radius 3 is 2.86 bits per heavy atom. The van der Waals surface area contributed by atoms with Crippen LogP contribution in [0.4, 0.5) is 0 Å². The van der Waals surface area contributed by atoms with Gasteiger partial charge in [-0.2, -0.15) is 0 Å². The zero-order valence-corrected chi connectivity index (χ0v) is 14.1. The lowest BCUT2D eigenvalue weighted by Crippen LogP contribution is -2.14. The number of halogens is 1. The van der Waals surface area contributed by atoms with Crippen LogP contribution in [0.2, 0.25) is 5.02 Å². The summed E-state index contributed by atoms with van der Waals surface area (Å²) < 4.78 is 4.79. The molecule has 2 rings (SSSR count). The van der Waals surface area contributed by atoms with Crippen LogP contribution in [0.15, 0.2) is 23.1 Å². The second kappa shape index (κ2) is 7.52. The fourth-order valence-electron chi connectivity index (χ4n) is 2.27. The van der Waals surface area contributed by atoms with E-state index in [4.69, 9.17) is 16.3 Å². The van der Waals surface area contributed by atoms with Gasteiger partial charge >= 0.3 is 5.97 Å². The number of hydrogen-bond donors (Lipinski definition) is 1. The number of esters is 1. The molecule has 0 amide bonds. The summed E-state index contributed by atoms with van der Waals surface area (Å²) in [6.07, 6.45) is 2.72. The second-order valence-corrected chi connectivity index (χ2v) is 6.94. The first-order valence-electron chi connectivity index (χ1n) is 7.28. The van der Waals surface area contributed by atoms with E-state index in [-0.39, 0.29) is 11.4 Å². The molecule has 1 aromatic carbocycles. The van der Waals surface area contributed by atoms with Crippen LogP contribution in [-0.4, -0.2) is 25.4 Å². The third-order valence-corrected chi connectivity index (χ3v) is 5.80. The van der Waals surface area contributed by atoms with E-state index in [0.717, 1.165) is 41.6 Å². The molecule has 116 valence electrons. The molecule has 0 atom stereocenters. The molecule has 0 heterocycles. The van der Waals surface area contributed by atoms with E-state index in [1.807, 2.05) is 12.1 Å². The van der Waals surface area contributed by atoms with Gasteiger partial charge in [0.25, 0.3) is 0 Å². The van der Waals surface area contributed by atoms with Crippen molar-refractivity contribution in [3.63, 3.8) is 0 Å². The lowest BCUT2D eigenvalue weighted by Gasteiger charge is -2.16. The van der Waals surface area contributed by atoms with Crippen LogP contribution >= 0.6 is 23.4 Å². The maximum atomic E-state index is 11.5. The molecule has 21 heavy (non-hydrogen) atoms. The Hall–Kier alpha value is -0.710. The Balaban J connectivity index is 2.01. The number of thioether (sulfide) groups is 1. The van der Waals surface area contributed by atoms with E-state index in [1.165, 1.54) is 12.7 Å². The van der Waals surface area contributed by atoms with Crippen molar-refractivity contribution in [1.29, 1.82) is 0 Å². The first-order valence-corrected chi connectivity index (χ1v) is 8.64. The van der Waals surface area contributed by atoms with Crippen molar-refractivity contribution in [1.82, 2.24) is 5.32 Å². The maximum Gasteiger partial charge on any atom is 0.306 e. The Morgan fingerprint density at radius 2 is 2.24 bits per heavy atom. The number of ether oxygens (including phenoxy) is 1. The first-order chi connectivity index (χ1) is 10.1. The summed E-state index contributed by atoms with van der Waals surface area (Å²) in [7, 11) is 1.45. The van der Waals surface area contributed by atoms with Crippen LogP contribution in [-0.2, 0) is 16.1 Å². The van der Waals surface area contributed by atoms with Crippen LogP contribution in [0.3, 0.4) is 0 Å². The third kappa shape index (κ3) is 4.63. The van der Waals surface area contributed by atoms with E-state index in [2.05, 4.69) is 18.3 Å². The molecule has 1 saturated carbocycles. The van der Waals surface area contributed by atoms with Crippen LogP contribution < -0.4 is 5.32 Å². The smallest absolute Gasteiger partial charge is 0.306 e. The minimum absolute atomic E-state index is 0.111. The molecule has 0 radical (unpaired) electrons. The molecule has 1 aromatic rings. The van der Waals surface area contributed by atoms with Gasteiger partial charge in [-0.3, -0.25) is 4.79 Å². The molecule has 1 N–H and O–H groups in total. The highest BCUT2D eigenvalue weighted by molar-refractivity contribution is 7.99. The third-order valence-electron chi connectivity index (χ3n) is 3.84. The molecule has 0 spiro atoms. The van der Waals surface area contributed by atoms with E-state index >= 15 is 0 Å². The maximum absolute atomic E-state index is 11.5. The van der Waals surface area contributed by atoms with Gasteiger partial charge in [-0.05, 0) is 36.4 Å². The normalized spacial score (nSPS) is 15.8. The fraction of sp³-hybridized carbons (Fsp3) is 0.562. The van der Waals surface area contributed by atoms with Crippen LogP contribution in [0, 0.1) is 5.41 Å². The largest absolute Gasteiger partial charge is 0.469 e. The number of hydrogen-bond acceptors (Lipinski definition) is 4. The predicted molar refractivity (Wildman–Crippen MR) is 87.9 cm³/mol. The van der Waals surface area contributed by atoms with Gasteiger partial charge < -0.3 is 10.1 Å². The molecule has 5 heteroatoms. The van der Waals surface area contributed by atoms with E-state index in [0.29, 0.717) is 6.42 Å². The van der Waals surface area contributed by atoms with Gasteiger partial charge in [-0.1, -0.05) is 30.7 Å². The van der Waals surface area contributed by atoms with Crippen molar-refractivity contribution in [2.45, 2.75) is 37.6 Å². The summed E-state index contributed by atoms with van der Waals surface area (Å²) in [6.45, 7) is 3.85. The summed E-state index contributed by atoms with van der Waals surface area (Å²) >= 11 is 8.12.